The van der Waals surface area contributed by atoms with Crippen LogP contribution in [0.2, 0.25) is 5.02 Å². The van der Waals surface area contributed by atoms with E-state index in [-0.39, 0.29) is 25.0 Å². The van der Waals surface area contributed by atoms with E-state index >= 15 is 0 Å². The highest BCUT2D eigenvalue weighted by atomic mass is 35.5. The highest BCUT2D eigenvalue weighted by molar-refractivity contribution is 7.59. The Morgan fingerprint density at radius 2 is 1.78 bits per heavy atom. The Morgan fingerprint density at radius 1 is 1.11 bits per heavy atom. The van der Waals surface area contributed by atoms with Crippen LogP contribution >= 0.6 is 25.1 Å². The summed E-state index contributed by atoms with van der Waals surface area (Å²) in [6.45, 7) is 4.73. The number of aromatic nitrogens is 1. The Morgan fingerprint density at radius 3 is 2.44 bits per heavy atom. The molecule has 5 rings (SSSR count). The zero-order valence-corrected chi connectivity index (χ0v) is 22.3. The van der Waals surface area contributed by atoms with Crippen molar-refractivity contribution in [2.45, 2.75) is 37.5 Å². The third-order valence-electron chi connectivity index (χ3n) is 7.43. The number of benzene rings is 2. The second-order valence-electron chi connectivity index (χ2n) is 9.91. The number of anilines is 1. The molecule has 2 aromatic carbocycles. The number of carbonyl (C=O) groups excluding carboxylic acids is 1. The molecule has 1 amide bonds. The number of aliphatic hydroxyl groups is 1. The number of halogens is 1. The summed E-state index contributed by atoms with van der Waals surface area (Å²) in [6, 6.07) is 15.6. The van der Waals surface area contributed by atoms with Crippen LogP contribution in [0, 0.1) is 0 Å². The molecule has 1 aromatic heterocycles. The van der Waals surface area contributed by atoms with Gasteiger partial charge in [0.15, 0.2) is 5.60 Å². The summed E-state index contributed by atoms with van der Waals surface area (Å²) in [5.41, 5.74) is -0.0588. The van der Waals surface area contributed by atoms with Crippen molar-refractivity contribution in [1.29, 1.82) is 0 Å². The molecule has 3 heterocycles. The summed E-state index contributed by atoms with van der Waals surface area (Å²) in [7, 11) is 1.72. The fourth-order valence-corrected chi connectivity index (χ4v) is 5.58. The van der Waals surface area contributed by atoms with Crippen molar-refractivity contribution in [2.75, 3.05) is 31.5 Å². The van der Waals surface area contributed by atoms with Gasteiger partial charge in [0.2, 0.25) is 0 Å². The second-order valence-corrected chi connectivity index (χ2v) is 10.3. The third kappa shape index (κ3) is 5.00. The van der Waals surface area contributed by atoms with Gasteiger partial charge in [-0.1, -0.05) is 41.9 Å². The number of pyridine rings is 1. The minimum Gasteiger partial charge on any atom is -0.380 e. The third-order valence-corrected chi connectivity index (χ3v) is 7.73. The molecule has 2 aliphatic rings. The maximum Gasteiger partial charge on any atom is 0.259 e. The molecule has 3 aromatic rings. The lowest BCUT2D eigenvalue weighted by molar-refractivity contribution is -0.152. The highest BCUT2D eigenvalue weighted by Gasteiger charge is 2.40. The minimum absolute atomic E-state index is 0. The maximum atomic E-state index is 13.0. The van der Waals surface area contributed by atoms with E-state index in [1.807, 2.05) is 36.4 Å². The quantitative estimate of drug-likeness (QED) is 0.531. The Labute approximate surface area is 223 Å². The van der Waals surface area contributed by atoms with Gasteiger partial charge in [-0.15, -0.1) is 0 Å². The van der Waals surface area contributed by atoms with Gasteiger partial charge in [-0.2, -0.15) is 13.5 Å². The first-order valence-corrected chi connectivity index (χ1v) is 12.5. The lowest BCUT2D eigenvalue weighted by atomic mass is 9.92. The van der Waals surface area contributed by atoms with Crippen LogP contribution in [0.4, 0.5) is 5.69 Å². The van der Waals surface area contributed by atoms with E-state index in [0.29, 0.717) is 41.1 Å². The van der Waals surface area contributed by atoms with Crippen LogP contribution in [0.15, 0.2) is 59.5 Å². The molecule has 2 N–H and O–H groups in total. The number of amides is 1. The van der Waals surface area contributed by atoms with Crippen molar-refractivity contribution in [3.63, 3.8) is 0 Å². The monoisotopic (exact) mass is 528 g/mol. The van der Waals surface area contributed by atoms with Crippen LogP contribution in [-0.2, 0) is 17.4 Å². The molecule has 0 unspecified atom stereocenters. The molecule has 0 radical (unpaired) electrons. The molecule has 0 aliphatic carbocycles. The van der Waals surface area contributed by atoms with Crippen molar-refractivity contribution in [3.8, 4) is 0 Å². The number of hydrogen-bond acceptors (Lipinski definition) is 5. The van der Waals surface area contributed by atoms with Gasteiger partial charge in [0.1, 0.15) is 0 Å². The van der Waals surface area contributed by atoms with Gasteiger partial charge in [-0.3, -0.25) is 14.5 Å². The molecule has 7 nitrogen and oxygen atoms in total. The smallest absolute Gasteiger partial charge is 0.259 e. The highest BCUT2D eigenvalue weighted by Crippen LogP contribution is 2.30. The van der Waals surface area contributed by atoms with Gasteiger partial charge in [-0.25, -0.2) is 0 Å². The molecule has 192 valence electrons. The fourth-order valence-electron chi connectivity index (χ4n) is 5.27. The number of piperidine rings is 1. The number of hydrogen-bond donors (Lipinski definition) is 2. The maximum absolute atomic E-state index is 13.0. The molecule has 36 heavy (non-hydrogen) atoms. The van der Waals surface area contributed by atoms with Crippen molar-refractivity contribution < 1.29 is 9.90 Å². The standard InChI is InChI=1S/C27H31ClN4O3.H2S/c1-27(35,19-6-4-3-5-7-19)26(34)31-12-9-22(10-13-31)32-16-21(17-32)29-20-14-18-8-11-30(2)25(33)24(18)23(28)15-20;/h3-8,11,14-15,21-22,29,35H,9-10,12-13,16-17H2,1-2H3;1H2/t27-;/m0./s1. The van der Waals surface area contributed by atoms with Crippen LogP contribution in [0.3, 0.4) is 0 Å². The molecule has 0 saturated carbocycles. The van der Waals surface area contributed by atoms with Crippen molar-refractivity contribution in [2.24, 2.45) is 7.05 Å². The summed E-state index contributed by atoms with van der Waals surface area (Å²) >= 11 is 6.43. The van der Waals surface area contributed by atoms with E-state index in [1.54, 1.807) is 37.2 Å². The molecule has 2 aliphatic heterocycles. The summed E-state index contributed by atoms with van der Waals surface area (Å²) in [6.07, 6.45) is 3.55. The van der Waals surface area contributed by atoms with Crippen molar-refractivity contribution in [1.82, 2.24) is 14.4 Å². The molecule has 9 heteroatoms. The summed E-state index contributed by atoms with van der Waals surface area (Å²) in [4.78, 5) is 29.6. The minimum atomic E-state index is -1.51. The molecular formula is C27H33ClN4O3S. The van der Waals surface area contributed by atoms with Crippen molar-refractivity contribution >= 4 is 47.5 Å². The van der Waals surface area contributed by atoms with E-state index in [9.17, 15) is 14.7 Å². The number of rotatable bonds is 5. The van der Waals surface area contributed by atoms with E-state index in [0.717, 1.165) is 37.0 Å². The van der Waals surface area contributed by atoms with Gasteiger partial charge in [0, 0.05) is 51.2 Å². The Hall–Kier alpha value is -2.52. The Kier molecular flexibility index (Phi) is 7.71. The molecule has 0 spiro atoms. The number of carbonyl (C=O) groups is 1. The predicted octanol–water partition coefficient (Wildman–Crippen LogP) is 3.30. The van der Waals surface area contributed by atoms with Crippen LogP contribution < -0.4 is 10.9 Å². The first-order valence-electron chi connectivity index (χ1n) is 12.1. The molecule has 2 saturated heterocycles. The number of fused-ring (bicyclic) bond motifs is 1. The number of likely N-dealkylation sites (tertiary alicyclic amines) is 2. The van der Waals surface area contributed by atoms with Crippen LogP contribution in [0.25, 0.3) is 10.8 Å². The zero-order chi connectivity index (χ0) is 24.7. The van der Waals surface area contributed by atoms with E-state index < -0.39 is 5.60 Å². The molecule has 0 bridgehead atoms. The normalized spacial score (nSPS) is 18.8. The SMILES string of the molecule is Cn1ccc2cc(NC3CN(C4CCN(C(=O)[C@@](C)(O)c5ccccc5)CC4)C3)cc(Cl)c2c1=O.S. The lowest BCUT2D eigenvalue weighted by Crippen LogP contribution is -2.61. The lowest BCUT2D eigenvalue weighted by Gasteiger charge is -2.48. The van der Waals surface area contributed by atoms with Gasteiger partial charge in [0.25, 0.3) is 11.5 Å². The second kappa shape index (κ2) is 10.5. The zero-order valence-electron chi connectivity index (χ0n) is 20.6. The van der Waals surface area contributed by atoms with Crippen LogP contribution in [0.1, 0.15) is 25.3 Å². The van der Waals surface area contributed by atoms with Gasteiger partial charge >= 0.3 is 0 Å². The van der Waals surface area contributed by atoms with Crippen molar-refractivity contribution in [3.05, 3.63) is 75.7 Å². The van der Waals surface area contributed by atoms with Crippen LogP contribution in [-0.4, -0.2) is 63.6 Å². The predicted molar refractivity (Wildman–Crippen MR) is 149 cm³/mol. The summed E-state index contributed by atoms with van der Waals surface area (Å²) in [5.74, 6) is -0.228. The van der Waals surface area contributed by atoms with E-state index in [2.05, 4.69) is 10.2 Å². The average molecular weight is 529 g/mol. The number of nitrogens with one attached hydrogen (secondary N) is 1. The van der Waals surface area contributed by atoms with Gasteiger partial charge in [0.05, 0.1) is 16.5 Å². The van der Waals surface area contributed by atoms with Gasteiger partial charge < -0.3 is 19.9 Å². The summed E-state index contributed by atoms with van der Waals surface area (Å²) < 4.78 is 1.53. The van der Waals surface area contributed by atoms with Gasteiger partial charge in [-0.05, 0) is 48.9 Å². The Balaban J connectivity index is 0.00000304. The van der Waals surface area contributed by atoms with E-state index in [4.69, 9.17) is 11.6 Å². The average Bonchev–Trinajstić information content (AvgIpc) is 2.83. The Bertz CT molecular complexity index is 1300. The van der Waals surface area contributed by atoms with Crippen LogP contribution in [0.5, 0.6) is 0 Å². The first kappa shape index (κ1) is 26.5. The summed E-state index contributed by atoms with van der Waals surface area (Å²) in [5, 5.41) is 16.3. The first-order chi connectivity index (χ1) is 16.7. The molecule has 1 atom stereocenters. The largest absolute Gasteiger partial charge is 0.380 e. The molecule has 2 fully saturated rings. The van der Waals surface area contributed by atoms with E-state index in [1.165, 1.54) is 4.57 Å². The number of nitrogens with zero attached hydrogens (tertiary/aromatic N) is 3. The fraction of sp³-hybridized carbons (Fsp3) is 0.407. The number of aryl methyl sites for hydroxylation is 1. The topological polar surface area (TPSA) is 77.8 Å². The molecular weight excluding hydrogens is 496 g/mol.